The Balaban J connectivity index is 2.44. The van der Waals surface area contributed by atoms with Crippen LogP contribution in [0.5, 0.6) is 0 Å². The molecule has 1 unspecified atom stereocenters. The lowest BCUT2D eigenvalue weighted by atomic mass is 10.3. The van der Waals surface area contributed by atoms with Crippen molar-refractivity contribution in [2.24, 2.45) is 0 Å². The minimum atomic E-state index is -0.290. The maximum atomic E-state index is 9.32. The van der Waals surface area contributed by atoms with E-state index in [1.54, 1.807) is 6.20 Å². The SMILES string of the molecule is CCC(O)CNc1nccn1CC. The van der Waals surface area contributed by atoms with E-state index < -0.39 is 0 Å². The van der Waals surface area contributed by atoms with Crippen LogP contribution in [0.1, 0.15) is 20.3 Å². The molecule has 0 saturated heterocycles. The number of nitrogens with zero attached hydrogens (tertiary/aromatic N) is 2. The van der Waals surface area contributed by atoms with Gasteiger partial charge in [-0.1, -0.05) is 6.92 Å². The fourth-order valence-electron chi connectivity index (χ4n) is 1.08. The predicted molar refractivity (Wildman–Crippen MR) is 52.7 cm³/mol. The van der Waals surface area contributed by atoms with Crippen LogP contribution in [0.4, 0.5) is 5.95 Å². The summed E-state index contributed by atoms with van der Waals surface area (Å²) in [6.07, 6.45) is 4.15. The zero-order valence-corrected chi connectivity index (χ0v) is 8.20. The first kappa shape index (κ1) is 10.1. The number of imidazole rings is 1. The van der Waals surface area contributed by atoms with E-state index in [9.17, 15) is 5.11 Å². The van der Waals surface area contributed by atoms with Crippen molar-refractivity contribution in [2.45, 2.75) is 32.9 Å². The molecule has 1 aromatic heterocycles. The lowest BCUT2D eigenvalue weighted by Gasteiger charge is -2.10. The molecule has 1 atom stereocenters. The Hall–Kier alpha value is -1.03. The minimum Gasteiger partial charge on any atom is -0.391 e. The van der Waals surface area contributed by atoms with Gasteiger partial charge in [0.05, 0.1) is 6.10 Å². The van der Waals surface area contributed by atoms with Gasteiger partial charge in [0.25, 0.3) is 0 Å². The molecule has 74 valence electrons. The molecule has 4 nitrogen and oxygen atoms in total. The fourth-order valence-corrected chi connectivity index (χ4v) is 1.08. The quantitative estimate of drug-likeness (QED) is 0.718. The Morgan fingerprint density at radius 3 is 3.00 bits per heavy atom. The zero-order valence-electron chi connectivity index (χ0n) is 8.20. The molecule has 0 aliphatic heterocycles. The molecule has 0 aliphatic carbocycles. The summed E-state index contributed by atoms with van der Waals surface area (Å²) < 4.78 is 2.00. The first-order valence-corrected chi connectivity index (χ1v) is 4.71. The van der Waals surface area contributed by atoms with Crippen molar-refractivity contribution in [3.8, 4) is 0 Å². The van der Waals surface area contributed by atoms with Gasteiger partial charge in [-0.3, -0.25) is 0 Å². The van der Waals surface area contributed by atoms with Crippen LogP contribution in [0.2, 0.25) is 0 Å². The Morgan fingerprint density at radius 2 is 2.38 bits per heavy atom. The Labute approximate surface area is 78.6 Å². The summed E-state index contributed by atoms with van der Waals surface area (Å²) in [7, 11) is 0. The number of hydrogen-bond donors (Lipinski definition) is 2. The highest BCUT2D eigenvalue weighted by Crippen LogP contribution is 2.03. The number of aliphatic hydroxyl groups excluding tert-OH is 1. The smallest absolute Gasteiger partial charge is 0.202 e. The molecule has 0 saturated carbocycles. The molecular weight excluding hydrogens is 166 g/mol. The third-order valence-electron chi connectivity index (χ3n) is 2.02. The maximum Gasteiger partial charge on any atom is 0.202 e. The normalized spacial score (nSPS) is 12.8. The zero-order chi connectivity index (χ0) is 9.68. The Morgan fingerprint density at radius 1 is 1.62 bits per heavy atom. The van der Waals surface area contributed by atoms with Crippen LogP contribution in [0.25, 0.3) is 0 Å². The highest BCUT2D eigenvalue weighted by molar-refractivity contribution is 5.25. The van der Waals surface area contributed by atoms with Crippen molar-refractivity contribution in [3.05, 3.63) is 12.4 Å². The largest absolute Gasteiger partial charge is 0.391 e. The molecule has 0 aromatic carbocycles. The Kier molecular flexibility index (Phi) is 3.76. The van der Waals surface area contributed by atoms with Crippen molar-refractivity contribution in [3.63, 3.8) is 0 Å². The number of aliphatic hydroxyl groups is 1. The third kappa shape index (κ3) is 2.73. The molecule has 2 N–H and O–H groups in total. The molecular formula is C9H17N3O. The van der Waals surface area contributed by atoms with Gasteiger partial charge in [0.1, 0.15) is 0 Å². The van der Waals surface area contributed by atoms with Gasteiger partial charge in [-0.2, -0.15) is 0 Å². The van der Waals surface area contributed by atoms with Crippen LogP contribution >= 0.6 is 0 Å². The monoisotopic (exact) mass is 183 g/mol. The van der Waals surface area contributed by atoms with Gasteiger partial charge < -0.3 is 15.0 Å². The summed E-state index contributed by atoms with van der Waals surface area (Å²) in [4.78, 5) is 4.13. The van der Waals surface area contributed by atoms with Crippen LogP contribution < -0.4 is 5.32 Å². The van der Waals surface area contributed by atoms with Crippen LogP contribution in [-0.2, 0) is 6.54 Å². The topological polar surface area (TPSA) is 50.1 Å². The Bertz CT molecular complexity index is 247. The first-order valence-electron chi connectivity index (χ1n) is 4.71. The van der Waals surface area contributed by atoms with Crippen LogP contribution in [-0.4, -0.2) is 27.3 Å². The van der Waals surface area contributed by atoms with Crippen molar-refractivity contribution in [1.82, 2.24) is 9.55 Å². The van der Waals surface area contributed by atoms with E-state index in [2.05, 4.69) is 17.2 Å². The maximum absolute atomic E-state index is 9.32. The first-order chi connectivity index (χ1) is 6.27. The van der Waals surface area contributed by atoms with Crippen molar-refractivity contribution < 1.29 is 5.11 Å². The highest BCUT2D eigenvalue weighted by atomic mass is 16.3. The van der Waals surface area contributed by atoms with Crippen LogP contribution in [0, 0.1) is 0 Å². The van der Waals surface area contributed by atoms with Crippen molar-refractivity contribution in [2.75, 3.05) is 11.9 Å². The molecule has 4 heteroatoms. The standard InChI is InChI=1S/C9H17N3O/c1-3-8(13)7-11-9-10-5-6-12(9)4-2/h5-6,8,13H,3-4,7H2,1-2H3,(H,10,11). The molecule has 0 radical (unpaired) electrons. The summed E-state index contributed by atoms with van der Waals surface area (Å²) in [5.74, 6) is 0.829. The van der Waals surface area contributed by atoms with E-state index in [0.717, 1.165) is 18.9 Å². The second kappa shape index (κ2) is 4.87. The van der Waals surface area contributed by atoms with Gasteiger partial charge in [0.2, 0.25) is 5.95 Å². The molecule has 13 heavy (non-hydrogen) atoms. The molecule has 1 aromatic rings. The molecule has 0 bridgehead atoms. The molecule has 0 spiro atoms. The number of anilines is 1. The van der Waals surface area contributed by atoms with E-state index in [-0.39, 0.29) is 6.10 Å². The summed E-state index contributed by atoms with van der Waals surface area (Å²) in [5, 5.41) is 12.4. The van der Waals surface area contributed by atoms with E-state index in [1.165, 1.54) is 0 Å². The second-order valence-corrected chi connectivity index (χ2v) is 2.98. The lowest BCUT2D eigenvalue weighted by Crippen LogP contribution is -2.20. The summed E-state index contributed by atoms with van der Waals surface area (Å²) in [6, 6.07) is 0. The number of aromatic nitrogens is 2. The van der Waals surface area contributed by atoms with Crippen LogP contribution in [0.3, 0.4) is 0 Å². The number of rotatable bonds is 5. The molecule has 0 amide bonds. The molecule has 0 aliphatic rings. The second-order valence-electron chi connectivity index (χ2n) is 2.98. The lowest BCUT2D eigenvalue weighted by molar-refractivity contribution is 0.183. The molecule has 1 heterocycles. The molecule has 0 fully saturated rings. The van der Waals surface area contributed by atoms with Crippen LogP contribution in [0.15, 0.2) is 12.4 Å². The summed E-state index contributed by atoms with van der Waals surface area (Å²) in [5.41, 5.74) is 0. The average Bonchev–Trinajstić information content (AvgIpc) is 2.61. The van der Waals surface area contributed by atoms with E-state index >= 15 is 0 Å². The van der Waals surface area contributed by atoms with Gasteiger partial charge in [0.15, 0.2) is 0 Å². The number of aryl methyl sites for hydroxylation is 1. The summed E-state index contributed by atoms with van der Waals surface area (Å²) in [6.45, 7) is 5.47. The van der Waals surface area contributed by atoms with Gasteiger partial charge >= 0.3 is 0 Å². The third-order valence-corrected chi connectivity index (χ3v) is 2.02. The fraction of sp³-hybridized carbons (Fsp3) is 0.667. The summed E-state index contributed by atoms with van der Waals surface area (Å²) >= 11 is 0. The number of hydrogen-bond acceptors (Lipinski definition) is 3. The number of nitrogens with one attached hydrogen (secondary N) is 1. The van der Waals surface area contributed by atoms with Gasteiger partial charge in [-0.15, -0.1) is 0 Å². The minimum absolute atomic E-state index is 0.290. The molecule has 1 rings (SSSR count). The van der Waals surface area contributed by atoms with Gasteiger partial charge in [-0.25, -0.2) is 4.98 Å². The van der Waals surface area contributed by atoms with Gasteiger partial charge in [0, 0.05) is 25.5 Å². The van der Waals surface area contributed by atoms with E-state index in [1.807, 2.05) is 17.7 Å². The van der Waals surface area contributed by atoms with Crippen molar-refractivity contribution in [1.29, 1.82) is 0 Å². The van der Waals surface area contributed by atoms with Crippen molar-refractivity contribution >= 4 is 5.95 Å². The average molecular weight is 183 g/mol. The van der Waals surface area contributed by atoms with E-state index in [0.29, 0.717) is 6.54 Å². The highest BCUT2D eigenvalue weighted by Gasteiger charge is 2.03. The van der Waals surface area contributed by atoms with Gasteiger partial charge in [-0.05, 0) is 13.3 Å². The van der Waals surface area contributed by atoms with E-state index in [4.69, 9.17) is 0 Å². The predicted octanol–water partition coefficient (Wildman–Crippen LogP) is 1.09.